The van der Waals surface area contributed by atoms with Gasteiger partial charge in [0.2, 0.25) is 15.9 Å². The largest absolute Gasteiger partial charge is 0.326 e. The van der Waals surface area contributed by atoms with Crippen LogP contribution in [0.1, 0.15) is 30.4 Å². The highest BCUT2D eigenvalue weighted by Crippen LogP contribution is 2.23. The molecule has 1 aliphatic rings. The average Bonchev–Trinajstić information content (AvgIpc) is 2.71. The molecule has 0 spiro atoms. The number of nitrogens with one attached hydrogen (secondary N) is 1. The molecule has 1 fully saturated rings. The summed E-state index contributed by atoms with van der Waals surface area (Å²) < 4.78 is 28.2. The van der Waals surface area contributed by atoms with E-state index in [0.29, 0.717) is 25.8 Å². The fourth-order valence-electron chi connectivity index (χ4n) is 3.64. The van der Waals surface area contributed by atoms with Crippen molar-refractivity contribution in [1.82, 2.24) is 4.31 Å². The highest BCUT2D eigenvalue weighted by molar-refractivity contribution is 14.1. The van der Waals surface area contributed by atoms with E-state index in [-0.39, 0.29) is 24.1 Å². The molecule has 0 unspecified atom stereocenters. The fourth-order valence-corrected chi connectivity index (χ4v) is 5.87. The zero-order valence-electron chi connectivity index (χ0n) is 16.6. The molecule has 1 saturated heterocycles. The van der Waals surface area contributed by atoms with Crippen LogP contribution in [0, 0.1) is 16.4 Å². The summed E-state index contributed by atoms with van der Waals surface area (Å²) in [5.74, 6) is -0.295. The van der Waals surface area contributed by atoms with E-state index in [1.165, 1.54) is 4.31 Å². The van der Waals surface area contributed by atoms with Crippen LogP contribution >= 0.6 is 22.6 Å². The van der Waals surface area contributed by atoms with E-state index in [1.54, 1.807) is 0 Å². The number of rotatable bonds is 7. The SMILES string of the molecule is Cc1cc(I)ccc1NC(=O)[C@H]1CCCN(S(=O)(=O)CCCc2ccccc2)C1. The van der Waals surface area contributed by atoms with Crippen LogP contribution in [0.2, 0.25) is 0 Å². The summed E-state index contributed by atoms with van der Waals surface area (Å²) in [7, 11) is -3.35. The first-order valence-corrected chi connectivity index (χ1v) is 12.6. The van der Waals surface area contributed by atoms with Crippen molar-refractivity contribution in [2.45, 2.75) is 32.6 Å². The molecule has 1 heterocycles. The van der Waals surface area contributed by atoms with Gasteiger partial charge in [-0.05, 0) is 84.5 Å². The summed E-state index contributed by atoms with van der Waals surface area (Å²) in [6.07, 6.45) is 2.75. The minimum atomic E-state index is -3.35. The summed E-state index contributed by atoms with van der Waals surface area (Å²) in [5, 5.41) is 2.98. The van der Waals surface area contributed by atoms with Crippen LogP contribution in [-0.4, -0.2) is 37.5 Å². The Morgan fingerprint density at radius 3 is 2.69 bits per heavy atom. The summed E-state index contributed by atoms with van der Waals surface area (Å²) in [5.41, 5.74) is 2.94. The number of carbonyl (C=O) groups excluding carboxylic acids is 1. The van der Waals surface area contributed by atoms with Crippen molar-refractivity contribution in [3.8, 4) is 0 Å². The van der Waals surface area contributed by atoms with E-state index in [9.17, 15) is 13.2 Å². The maximum atomic E-state index is 12.8. The number of hydrogen-bond acceptors (Lipinski definition) is 3. The van der Waals surface area contributed by atoms with Gasteiger partial charge in [-0.1, -0.05) is 30.3 Å². The number of sulfonamides is 1. The average molecular weight is 526 g/mol. The van der Waals surface area contributed by atoms with Gasteiger partial charge in [0.1, 0.15) is 0 Å². The molecule has 5 nitrogen and oxygen atoms in total. The molecular formula is C22H27IN2O3S. The molecule has 0 bridgehead atoms. The van der Waals surface area contributed by atoms with Gasteiger partial charge >= 0.3 is 0 Å². The van der Waals surface area contributed by atoms with Gasteiger partial charge in [-0.25, -0.2) is 12.7 Å². The monoisotopic (exact) mass is 526 g/mol. The van der Waals surface area contributed by atoms with Crippen molar-refractivity contribution in [2.75, 3.05) is 24.2 Å². The highest BCUT2D eigenvalue weighted by Gasteiger charge is 2.32. The van der Waals surface area contributed by atoms with Gasteiger partial charge in [0.05, 0.1) is 11.7 Å². The summed E-state index contributed by atoms with van der Waals surface area (Å²) in [6.45, 7) is 2.73. The Morgan fingerprint density at radius 2 is 1.97 bits per heavy atom. The van der Waals surface area contributed by atoms with Crippen LogP contribution in [0.3, 0.4) is 0 Å². The maximum Gasteiger partial charge on any atom is 0.228 e. The summed E-state index contributed by atoms with van der Waals surface area (Å²) >= 11 is 2.24. The highest BCUT2D eigenvalue weighted by atomic mass is 127. The van der Waals surface area contributed by atoms with Gasteiger partial charge in [0.15, 0.2) is 0 Å². The molecule has 1 N–H and O–H groups in total. The van der Waals surface area contributed by atoms with Gasteiger partial charge in [0, 0.05) is 22.3 Å². The third kappa shape index (κ3) is 6.26. The van der Waals surface area contributed by atoms with Gasteiger partial charge < -0.3 is 5.32 Å². The minimum Gasteiger partial charge on any atom is -0.326 e. The molecule has 7 heteroatoms. The number of aryl methyl sites for hydroxylation is 2. The number of piperidine rings is 1. The first kappa shape index (κ1) is 22.2. The third-order valence-corrected chi connectivity index (χ3v) is 7.90. The predicted octanol–water partition coefficient (Wildman–Crippen LogP) is 4.21. The number of benzene rings is 2. The second-order valence-electron chi connectivity index (χ2n) is 7.55. The van der Waals surface area contributed by atoms with Gasteiger partial charge in [-0.15, -0.1) is 0 Å². The fraction of sp³-hybridized carbons (Fsp3) is 0.409. The Morgan fingerprint density at radius 1 is 1.21 bits per heavy atom. The van der Waals surface area contributed by atoms with Crippen LogP contribution < -0.4 is 5.32 Å². The second-order valence-corrected chi connectivity index (χ2v) is 10.9. The molecule has 0 aromatic heterocycles. The Bertz CT molecular complexity index is 948. The lowest BCUT2D eigenvalue weighted by molar-refractivity contribution is -0.120. The predicted molar refractivity (Wildman–Crippen MR) is 125 cm³/mol. The molecule has 1 atom stereocenters. The van der Waals surface area contributed by atoms with Crippen LogP contribution in [0.5, 0.6) is 0 Å². The van der Waals surface area contributed by atoms with Crippen LogP contribution in [-0.2, 0) is 21.2 Å². The van der Waals surface area contributed by atoms with E-state index in [4.69, 9.17) is 0 Å². The molecule has 3 rings (SSSR count). The molecule has 156 valence electrons. The maximum absolute atomic E-state index is 12.8. The van der Waals surface area contributed by atoms with Crippen molar-refractivity contribution < 1.29 is 13.2 Å². The number of amides is 1. The Labute approximate surface area is 187 Å². The first-order chi connectivity index (χ1) is 13.8. The Kier molecular flexibility index (Phi) is 7.70. The van der Waals surface area contributed by atoms with Gasteiger partial charge in [-0.3, -0.25) is 4.79 Å². The van der Waals surface area contributed by atoms with Crippen LogP contribution in [0.25, 0.3) is 0 Å². The Balaban J connectivity index is 1.56. The number of nitrogens with zero attached hydrogens (tertiary/aromatic N) is 1. The zero-order chi connectivity index (χ0) is 20.9. The molecule has 0 aliphatic carbocycles. The zero-order valence-corrected chi connectivity index (χ0v) is 19.6. The van der Waals surface area contributed by atoms with Gasteiger partial charge in [-0.2, -0.15) is 0 Å². The molecule has 29 heavy (non-hydrogen) atoms. The molecule has 1 amide bonds. The number of hydrogen-bond donors (Lipinski definition) is 1. The molecule has 2 aromatic rings. The van der Waals surface area contributed by atoms with Gasteiger partial charge in [0.25, 0.3) is 0 Å². The van der Waals surface area contributed by atoms with Crippen molar-refractivity contribution in [3.05, 3.63) is 63.2 Å². The molecule has 1 aliphatic heterocycles. The molecule has 2 aromatic carbocycles. The standard InChI is InChI=1S/C22H27IN2O3S/c1-17-15-20(23)11-12-21(17)24-22(26)19-10-5-13-25(16-19)29(27,28)14-6-9-18-7-3-2-4-8-18/h2-4,7-8,11-12,15,19H,5-6,9-10,13-14,16H2,1H3,(H,24,26)/t19-/m0/s1. The van der Waals surface area contributed by atoms with E-state index in [0.717, 1.165) is 26.8 Å². The van der Waals surface area contributed by atoms with Crippen molar-refractivity contribution in [1.29, 1.82) is 0 Å². The Hall–Kier alpha value is -1.45. The lowest BCUT2D eigenvalue weighted by atomic mass is 9.98. The molecule has 0 radical (unpaired) electrons. The van der Waals surface area contributed by atoms with E-state index >= 15 is 0 Å². The number of carbonyl (C=O) groups is 1. The van der Waals surface area contributed by atoms with Crippen LogP contribution in [0.4, 0.5) is 5.69 Å². The normalized spacial score (nSPS) is 17.8. The quantitative estimate of drug-likeness (QED) is 0.550. The topological polar surface area (TPSA) is 66.5 Å². The number of anilines is 1. The van der Waals surface area contributed by atoms with Crippen molar-refractivity contribution >= 4 is 44.2 Å². The van der Waals surface area contributed by atoms with Crippen molar-refractivity contribution in [3.63, 3.8) is 0 Å². The number of halogens is 1. The van der Waals surface area contributed by atoms with E-state index in [1.807, 2.05) is 55.5 Å². The first-order valence-electron chi connectivity index (χ1n) is 9.94. The summed E-state index contributed by atoms with van der Waals surface area (Å²) in [4.78, 5) is 12.7. The van der Waals surface area contributed by atoms with Crippen LogP contribution in [0.15, 0.2) is 48.5 Å². The lowest BCUT2D eigenvalue weighted by Gasteiger charge is -2.31. The minimum absolute atomic E-state index is 0.0986. The smallest absolute Gasteiger partial charge is 0.228 e. The van der Waals surface area contributed by atoms with E-state index in [2.05, 4.69) is 27.9 Å². The van der Waals surface area contributed by atoms with E-state index < -0.39 is 10.0 Å². The van der Waals surface area contributed by atoms with Crippen molar-refractivity contribution in [2.24, 2.45) is 5.92 Å². The third-order valence-electron chi connectivity index (χ3n) is 5.31. The second kappa shape index (κ2) is 10.0. The lowest BCUT2D eigenvalue weighted by Crippen LogP contribution is -2.44. The molecular weight excluding hydrogens is 499 g/mol. The molecule has 0 saturated carbocycles. The summed E-state index contributed by atoms with van der Waals surface area (Å²) in [6, 6.07) is 15.8.